The first-order valence-corrected chi connectivity index (χ1v) is 10.6. The summed E-state index contributed by atoms with van der Waals surface area (Å²) >= 11 is 0. The number of likely N-dealkylation sites (tertiary alicyclic amines) is 1. The molecule has 1 aromatic carbocycles. The van der Waals surface area contributed by atoms with Crippen LogP contribution in [0.5, 0.6) is 5.75 Å². The molecule has 7 heteroatoms. The zero-order valence-corrected chi connectivity index (χ0v) is 18.6. The summed E-state index contributed by atoms with van der Waals surface area (Å²) in [4.78, 5) is 29.2. The Morgan fingerprint density at radius 1 is 1.23 bits per heavy atom. The van der Waals surface area contributed by atoms with E-state index < -0.39 is 17.7 Å². The fourth-order valence-electron chi connectivity index (χ4n) is 3.54. The minimum absolute atomic E-state index is 0.0313. The molecule has 1 aromatic heterocycles. The first-order valence-electron chi connectivity index (χ1n) is 10.6. The summed E-state index contributed by atoms with van der Waals surface area (Å²) in [6.45, 7) is 5.36. The lowest BCUT2D eigenvalue weighted by molar-refractivity contribution is -0.140. The monoisotopic (exact) mass is 426 g/mol. The molecule has 0 bridgehead atoms. The average Bonchev–Trinajstić information content (AvgIpc) is 3.27. The first-order chi connectivity index (χ1) is 14.8. The summed E-state index contributed by atoms with van der Waals surface area (Å²) in [6.07, 6.45) is 1.93. The maximum absolute atomic E-state index is 13.0. The van der Waals surface area contributed by atoms with E-state index in [1.807, 2.05) is 19.0 Å². The van der Waals surface area contributed by atoms with Gasteiger partial charge in [0, 0.05) is 18.7 Å². The normalized spacial score (nSPS) is 18.2. The molecule has 1 unspecified atom stereocenters. The number of aliphatic hydroxyl groups is 1. The van der Waals surface area contributed by atoms with E-state index >= 15 is 0 Å². The van der Waals surface area contributed by atoms with Gasteiger partial charge in [-0.15, -0.1) is 0 Å². The maximum atomic E-state index is 13.0. The third kappa shape index (κ3) is 4.99. The van der Waals surface area contributed by atoms with E-state index in [0.29, 0.717) is 42.5 Å². The molecule has 1 amide bonds. The number of furan rings is 1. The van der Waals surface area contributed by atoms with Gasteiger partial charge in [-0.25, -0.2) is 0 Å². The molecular formula is C24H30N2O5. The number of likely N-dealkylation sites (N-methyl/N-ethyl adjacent to an activating group) is 1. The number of unbranched alkanes of at least 4 members (excludes halogenated alkanes) is 1. The lowest BCUT2D eigenvalue weighted by Crippen LogP contribution is -2.35. The van der Waals surface area contributed by atoms with E-state index in [0.717, 1.165) is 12.8 Å². The molecule has 0 spiro atoms. The van der Waals surface area contributed by atoms with Crippen LogP contribution in [0, 0.1) is 6.92 Å². The zero-order chi connectivity index (χ0) is 22.5. The summed E-state index contributed by atoms with van der Waals surface area (Å²) in [5.41, 5.74) is 0.455. The molecule has 2 aromatic rings. The van der Waals surface area contributed by atoms with Crippen LogP contribution in [0.1, 0.15) is 42.9 Å². The van der Waals surface area contributed by atoms with E-state index in [1.54, 1.807) is 43.3 Å². The molecule has 166 valence electrons. The third-order valence-electron chi connectivity index (χ3n) is 5.23. The van der Waals surface area contributed by atoms with Gasteiger partial charge in [-0.3, -0.25) is 9.59 Å². The van der Waals surface area contributed by atoms with Gasteiger partial charge in [0.15, 0.2) is 0 Å². The van der Waals surface area contributed by atoms with Crippen LogP contribution in [0.2, 0.25) is 0 Å². The van der Waals surface area contributed by atoms with Crippen molar-refractivity contribution >= 4 is 17.4 Å². The molecule has 1 N–H and O–H groups in total. The van der Waals surface area contributed by atoms with Crippen LogP contribution in [0.25, 0.3) is 5.76 Å². The van der Waals surface area contributed by atoms with Crippen molar-refractivity contribution in [1.82, 2.24) is 9.80 Å². The largest absolute Gasteiger partial charge is 0.507 e. The van der Waals surface area contributed by atoms with E-state index in [-0.39, 0.29) is 11.3 Å². The highest BCUT2D eigenvalue weighted by molar-refractivity contribution is 6.46. The first kappa shape index (κ1) is 22.6. The summed E-state index contributed by atoms with van der Waals surface area (Å²) in [5, 5.41) is 11.1. The van der Waals surface area contributed by atoms with E-state index in [4.69, 9.17) is 9.15 Å². The summed E-state index contributed by atoms with van der Waals surface area (Å²) in [7, 11) is 3.79. The van der Waals surface area contributed by atoms with Crippen molar-refractivity contribution in [2.45, 2.75) is 32.7 Å². The van der Waals surface area contributed by atoms with Gasteiger partial charge in [0.2, 0.25) is 0 Å². The average molecular weight is 427 g/mol. The molecule has 1 atom stereocenters. The molecule has 31 heavy (non-hydrogen) atoms. The lowest BCUT2D eigenvalue weighted by atomic mass is 9.99. The Bertz CT molecular complexity index is 976. The van der Waals surface area contributed by atoms with Gasteiger partial charge in [0.05, 0.1) is 12.2 Å². The number of ketones is 1. The Morgan fingerprint density at radius 3 is 2.65 bits per heavy atom. The van der Waals surface area contributed by atoms with Crippen molar-refractivity contribution in [2.24, 2.45) is 0 Å². The van der Waals surface area contributed by atoms with Gasteiger partial charge in [0.25, 0.3) is 11.7 Å². The highest BCUT2D eigenvalue weighted by atomic mass is 16.5. The number of Topliss-reactive ketones (excluding diaryl/α,β-unsaturated/α-hetero) is 1. The minimum Gasteiger partial charge on any atom is -0.507 e. The maximum Gasteiger partial charge on any atom is 0.295 e. The Kier molecular flexibility index (Phi) is 7.17. The molecule has 0 saturated carbocycles. The number of rotatable bonds is 9. The fourth-order valence-corrected chi connectivity index (χ4v) is 3.54. The van der Waals surface area contributed by atoms with E-state index in [2.05, 4.69) is 6.92 Å². The summed E-state index contributed by atoms with van der Waals surface area (Å²) in [5.74, 6) is 0.132. The Morgan fingerprint density at radius 2 is 2.00 bits per heavy atom. The number of benzene rings is 1. The second-order valence-electron chi connectivity index (χ2n) is 7.97. The number of aliphatic hydroxyl groups excluding tert-OH is 1. The number of aryl methyl sites for hydroxylation is 1. The van der Waals surface area contributed by atoms with Crippen molar-refractivity contribution in [1.29, 1.82) is 0 Å². The van der Waals surface area contributed by atoms with E-state index in [9.17, 15) is 14.7 Å². The highest BCUT2D eigenvalue weighted by Crippen LogP contribution is 2.40. The summed E-state index contributed by atoms with van der Waals surface area (Å²) < 4.78 is 11.5. The van der Waals surface area contributed by atoms with Gasteiger partial charge >= 0.3 is 0 Å². The van der Waals surface area contributed by atoms with Crippen LogP contribution in [-0.4, -0.2) is 60.4 Å². The smallest absolute Gasteiger partial charge is 0.295 e. The molecule has 3 rings (SSSR count). The molecule has 7 nitrogen and oxygen atoms in total. The van der Waals surface area contributed by atoms with Crippen molar-refractivity contribution < 1.29 is 23.8 Å². The molecule has 0 radical (unpaired) electrons. The summed E-state index contributed by atoms with van der Waals surface area (Å²) in [6, 6.07) is 9.68. The second kappa shape index (κ2) is 9.83. The van der Waals surface area contributed by atoms with Crippen molar-refractivity contribution in [2.75, 3.05) is 33.8 Å². The molecule has 1 aliphatic rings. The van der Waals surface area contributed by atoms with Crippen LogP contribution in [0.15, 0.2) is 46.4 Å². The Balaban J connectivity index is 2.03. The predicted octanol–water partition coefficient (Wildman–Crippen LogP) is 3.75. The molecular weight excluding hydrogens is 396 g/mol. The van der Waals surface area contributed by atoms with Crippen LogP contribution >= 0.6 is 0 Å². The molecule has 1 saturated heterocycles. The predicted molar refractivity (Wildman–Crippen MR) is 118 cm³/mol. The van der Waals surface area contributed by atoms with Crippen LogP contribution < -0.4 is 4.74 Å². The quantitative estimate of drug-likeness (QED) is 0.285. The number of amides is 1. The van der Waals surface area contributed by atoms with Gasteiger partial charge in [0.1, 0.15) is 29.1 Å². The van der Waals surface area contributed by atoms with Gasteiger partial charge in [-0.2, -0.15) is 0 Å². The molecule has 2 heterocycles. The topological polar surface area (TPSA) is 83.2 Å². The second-order valence-corrected chi connectivity index (χ2v) is 7.97. The number of hydrogen-bond donors (Lipinski definition) is 1. The number of hydrogen-bond acceptors (Lipinski definition) is 6. The van der Waals surface area contributed by atoms with E-state index in [1.165, 1.54) is 4.90 Å². The van der Waals surface area contributed by atoms with Gasteiger partial charge < -0.3 is 24.1 Å². The molecule has 0 aliphatic carbocycles. The number of carbonyl (C=O) groups is 2. The lowest BCUT2D eigenvalue weighted by Gasteiger charge is -2.24. The highest BCUT2D eigenvalue weighted by Gasteiger charge is 2.47. The van der Waals surface area contributed by atoms with Crippen molar-refractivity contribution in [3.8, 4) is 5.75 Å². The zero-order valence-electron chi connectivity index (χ0n) is 18.6. The van der Waals surface area contributed by atoms with Crippen LogP contribution in [0.4, 0.5) is 0 Å². The standard InChI is InChI=1S/C24H30N2O5/c1-5-6-14-30-18-9-7-8-17(15-18)22(27)20-21(19-11-10-16(2)31-19)26(13-12-25(3)4)24(29)23(20)28/h7-11,15,21,27H,5-6,12-14H2,1-4H3. The number of carbonyl (C=O) groups excluding carboxylic acids is 2. The third-order valence-corrected chi connectivity index (χ3v) is 5.23. The van der Waals surface area contributed by atoms with Crippen molar-refractivity contribution in [3.63, 3.8) is 0 Å². The molecule has 1 aliphatic heterocycles. The Labute approximate surface area is 182 Å². The van der Waals surface area contributed by atoms with Crippen molar-refractivity contribution in [3.05, 3.63) is 59.1 Å². The van der Waals surface area contributed by atoms with Crippen LogP contribution in [0.3, 0.4) is 0 Å². The number of ether oxygens (including phenoxy) is 1. The molecule has 1 fully saturated rings. The number of nitrogens with zero attached hydrogens (tertiary/aromatic N) is 2. The SMILES string of the molecule is CCCCOc1cccc(C(O)=C2C(=O)C(=O)N(CCN(C)C)C2c2ccc(C)o2)c1. The van der Waals surface area contributed by atoms with Crippen LogP contribution in [-0.2, 0) is 9.59 Å². The fraction of sp³-hybridized carbons (Fsp3) is 0.417. The Hall–Kier alpha value is -3.06. The minimum atomic E-state index is -0.779. The van der Waals surface area contributed by atoms with Gasteiger partial charge in [-0.1, -0.05) is 25.5 Å². The van der Waals surface area contributed by atoms with Gasteiger partial charge in [-0.05, 0) is 51.7 Å².